The first kappa shape index (κ1) is 9.81. The Kier molecular flexibility index (Phi) is 2.20. The lowest BCUT2D eigenvalue weighted by Gasteiger charge is -2.29. The molecule has 2 atom stereocenters. The maximum Gasteiger partial charge on any atom is 0.410 e. The Labute approximate surface area is 85.4 Å². The number of carbonyl (C=O) groups excluding carboxylic acids is 1. The van der Waals surface area contributed by atoms with E-state index < -0.39 is 0 Å². The van der Waals surface area contributed by atoms with Gasteiger partial charge < -0.3 is 9.64 Å². The van der Waals surface area contributed by atoms with Crippen molar-refractivity contribution in [3.8, 4) is 0 Å². The molecule has 1 amide bonds. The lowest BCUT2D eigenvalue weighted by molar-refractivity contribution is 0.0207. The topological polar surface area (TPSA) is 29.5 Å². The highest BCUT2D eigenvalue weighted by molar-refractivity contribution is 5.68. The van der Waals surface area contributed by atoms with E-state index in [0.29, 0.717) is 0 Å². The fraction of sp³-hybridized carbons (Fsp3) is 0.909. The second-order valence-corrected chi connectivity index (χ2v) is 5.47. The maximum absolute atomic E-state index is 11.7. The molecular weight excluding hydrogens is 178 g/mol. The minimum Gasteiger partial charge on any atom is -0.444 e. The lowest BCUT2D eigenvalue weighted by Crippen LogP contribution is -2.40. The largest absolute Gasteiger partial charge is 0.444 e. The van der Waals surface area contributed by atoms with Gasteiger partial charge in [0.05, 0.1) is 0 Å². The zero-order chi connectivity index (χ0) is 10.3. The van der Waals surface area contributed by atoms with Crippen LogP contribution in [0, 0.1) is 11.8 Å². The van der Waals surface area contributed by atoms with Crippen LogP contribution in [0.5, 0.6) is 0 Å². The third-order valence-electron chi connectivity index (χ3n) is 2.95. The first-order valence-electron chi connectivity index (χ1n) is 5.43. The third-order valence-corrected chi connectivity index (χ3v) is 2.95. The summed E-state index contributed by atoms with van der Waals surface area (Å²) in [5, 5.41) is 0. The Morgan fingerprint density at radius 1 is 1.36 bits per heavy atom. The van der Waals surface area contributed by atoms with E-state index in [1.54, 1.807) is 0 Å². The summed E-state index contributed by atoms with van der Waals surface area (Å²) in [6, 6.07) is 0. The summed E-state index contributed by atoms with van der Waals surface area (Å²) in [5.41, 5.74) is -0.364. The molecule has 1 heterocycles. The normalized spacial score (nSPS) is 30.9. The molecule has 2 rings (SSSR count). The summed E-state index contributed by atoms with van der Waals surface area (Å²) in [4.78, 5) is 13.5. The van der Waals surface area contributed by atoms with Gasteiger partial charge in [-0.15, -0.1) is 0 Å². The standard InChI is InChI=1S/C11H19NO2/c1-11(2,3)14-10(13)12-5-4-8-6-9(8)7-12/h8-9H,4-7H2,1-3H3/t8-,9+/m1/s1. The van der Waals surface area contributed by atoms with Crippen molar-refractivity contribution >= 4 is 6.09 Å². The Balaban J connectivity index is 1.85. The van der Waals surface area contributed by atoms with Gasteiger partial charge in [-0.2, -0.15) is 0 Å². The molecule has 14 heavy (non-hydrogen) atoms. The fourth-order valence-electron chi connectivity index (χ4n) is 2.08. The number of hydrogen-bond donors (Lipinski definition) is 0. The fourth-order valence-corrected chi connectivity index (χ4v) is 2.08. The molecule has 80 valence electrons. The van der Waals surface area contributed by atoms with Gasteiger partial charge in [0, 0.05) is 13.1 Å². The van der Waals surface area contributed by atoms with E-state index in [1.807, 2.05) is 25.7 Å². The van der Waals surface area contributed by atoms with Crippen LogP contribution in [0.3, 0.4) is 0 Å². The average molecular weight is 197 g/mol. The van der Waals surface area contributed by atoms with Gasteiger partial charge in [0.25, 0.3) is 0 Å². The monoisotopic (exact) mass is 197 g/mol. The van der Waals surface area contributed by atoms with E-state index in [-0.39, 0.29) is 11.7 Å². The predicted octanol–water partition coefficient (Wildman–Crippen LogP) is 2.26. The molecule has 0 radical (unpaired) electrons. The molecule has 1 saturated heterocycles. The zero-order valence-electron chi connectivity index (χ0n) is 9.25. The first-order valence-corrected chi connectivity index (χ1v) is 5.43. The van der Waals surface area contributed by atoms with Crippen LogP contribution in [0.25, 0.3) is 0 Å². The van der Waals surface area contributed by atoms with Crippen molar-refractivity contribution in [1.29, 1.82) is 0 Å². The molecule has 2 aliphatic rings. The number of rotatable bonds is 0. The van der Waals surface area contributed by atoms with Crippen LogP contribution in [-0.4, -0.2) is 29.7 Å². The van der Waals surface area contributed by atoms with Crippen LogP contribution < -0.4 is 0 Å². The van der Waals surface area contributed by atoms with E-state index in [1.165, 1.54) is 12.8 Å². The van der Waals surface area contributed by atoms with Crippen LogP contribution in [0.4, 0.5) is 4.79 Å². The molecule has 1 saturated carbocycles. The molecule has 0 unspecified atom stereocenters. The number of hydrogen-bond acceptors (Lipinski definition) is 2. The van der Waals surface area contributed by atoms with Gasteiger partial charge >= 0.3 is 6.09 Å². The highest BCUT2D eigenvalue weighted by Crippen LogP contribution is 2.44. The van der Waals surface area contributed by atoms with Gasteiger partial charge in [0.15, 0.2) is 0 Å². The maximum atomic E-state index is 11.7. The Morgan fingerprint density at radius 2 is 2.07 bits per heavy atom. The van der Waals surface area contributed by atoms with E-state index in [0.717, 1.165) is 24.9 Å². The van der Waals surface area contributed by atoms with Crippen molar-refractivity contribution in [2.24, 2.45) is 11.8 Å². The molecule has 1 aliphatic heterocycles. The van der Waals surface area contributed by atoms with Gasteiger partial charge in [-0.1, -0.05) is 0 Å². The molecule has 3 heteroatoms. The van der Waals surface area contributed by atoms with Gasteiger partial charge in [-0.3, -0.25) is 0 Å². The van der Waals surface area contributed by atoms with Gasteiger partial charge in [-0.05, 0) is 45.4 Å². The number of carbonyl (C=O) groups is 1. The summed E-state index contributed by atoms with van der Waals surface area (Å²) in [7, 11) is 0. The van der Waals surface area contributed by atoms with E-state index in [4.69, 9.17) is 4.74 Å². The molecule has 1 aliphatic carbocycles. The second-order valence-electron chi connectivity index (χ2n) is 5.47. The van der Waals surface area contributed by atoms with Crippen molar-refractivity contribution in [3.63, 3.8) is 0 Å². The van der Waals surface area contributed by atoms with Crippen molar-refractivity contribution < 1.29 is 9.53 Å². The number of fused-ring (bicyclic) bond motifs is 1. The Morgan fingerprint density at radius 3 is 2.64 bits per heavy atom. The van der Waals surface area contributed by atoms with E-state index in [9.17, 15) is 4.79 Å². The van der Waals surface area contributed by atoms with Crippen LogP contribution >= 0.6 is 0 Å². The number of piperidine rings is 1. The molecule has 2 fully saturated rings. The summed E-state index contributed by atoms with van der Waals surface area (Å²) in [6.45, 7) is 7.54. The molecule has 0 spiro atoms. The molecule has 0 bridgehead atoms. The quantitative estimate of drug-likeness (QED) is 0.596. The minimum absolute atomic E-state index is 0.136. The SMILES string of the molecule is CC(C)(C)OC(=O)N1CC[C@@H]2C[C@H]2C1. The molecule has 0 aromatic heterocycles. The molecule has 0 aromatic carbocycles. The smallest absolute Gasteiger partial charge is 0.410 e. The molecule has 3 nitrogen and oxygen atoms in total. The van der Waals surface area contributed by atoms with Crippen molar-refractivity contribution in [2.45, 2.75) is 39.2 Å². The van der Waals surface area contributed by atoms with Gasteiger partial charge in [0.2, 0.25) is 0 Å². The summed E-state index contributed by atoms with van der Waals surface area (Å²) in [5.74, 6) is 1.69. The summed E-state index contributed by atoms with van der Waals surface area (Å²) < 4.78 is 5.33. The second kappa shape index (κ2) is 3.14. The van der Waals surface area contributed by atoms with Crippen LogP contribution in [0.15, 0.2) is 0 Å². The lowest BCUT2D eigenvalue weighted by atomic mass is 10.1. The highest BCUT2D eigenvalue weighted by Gasteiger charge is 2.43. The zero-order valence-corrected chi connectivity index (χ0v) is 9.25. The van der Waals surface area contributed by atoms with E-state index in [2.05, 4.69) is 0 Å². The average Bonchev–Trinajstić information content (AvgIpc) is 2.77. The van der Waals surface area contributed by atoms with Crippen LogP contribution in [0.1, 0.15) is 33.6 Å². The third kappa shape index (κ3) is 2.20. The highest BCUT2D eigenvalue weighted by atomic mass is 16.6. The molecule has 0 aromatic rings. The first-order chi connectivity index (χ1) is 6.46. The summed E-state index contributed by atoms with van der Waals surface area (Å²) in [6.07, 6.45) is 2.35. The van der Waals surface area contributed by atoms with E-state index >= 15 is 0 Å². The predicted molar refractivity (Wildman–Crippen MR) is 54.0 cm³/mol. The Hall–Kier alpha value is -0.730. The number of likely N-dealkylation sites (tertiary alicyclic amines) is 1. The minimum atomic E-state index is -0.364. The van der Waals surface area contributed by atoms with Crippen LogP contribution in [0.2, 0.25) is 0 Å². The van der Waals surface area contributed by atoms with Crippen molar-refractivity contribution in [3.05, 3.63) is 0 Å². The number of amides is 1. The molecule has 0 N–H and O–H groups in total. The van der Waals surface area contributed by atoms with Crippen molar-refractivity contribution in [1.82, 2.24) is 4.90 Å². The Bertz CT molecular complexity index is 244. The number of nitrogens with zero attached hydrogens (tertiary/aromatic N) is 1. The van der Waals surface area contributed by atoms with Crippen LogP contribution in [-0.2, 0) is 4.74 Å². The van der Waals surface area contributed by atoms with Gasteiger partial charge in [0.1, 0.15) is 5.60 Å². The van der Waals surface area contributed by atoms with Crippen molar-refractivity contribution in [2.75, 3.05) is 13.1 Å². The number of ether oxygens (including phenoxy) is 1. The van der Waals surface area contributed by atoms with Gasteiger partial charge in [-0.25, -0.2) is 4.79 Å². The molecular formula is C11H19NO2. The summed E-state index contributed by atoms with van der Waals surface area (Å²) >= 11 is 0.